The number of aromatic nitrogens is 2. The van der Waals surface area contributed by atoms with Gasteiger partial charge < -0.3 is 4.90 Å². The first-order valence-corrected chi connectivity index (χ1v) is 9.39. The molecule has 126 valence electrons. The van der Waals surface area contributed by atoms with Crippen LogP contribution in [0, 0.1) is 18.3 Å². The second-order valence-corrected chi connectivity index (χ2v) is 7.41. The highest BCUT2D eigenvalue weighted by Gasteiger charge is 2.32. The van der Waals surface area contributed by atoms with E-state index >= 15 is 0 Å². The van der Waals surface area contributed by atoms with E-state index in [0.29, 0.717) is 6.04 Å². The molecule has 1 aromatic carbocycles. The molecular weight excluding hydrogens is 308 g/mol. The van der Waals surface area contributed by atoms with Gasteiger partial charge in [-0.3, -0.25) is 4.40 Å². The van der Waals surface area contributed by atoms with Crippen LogP contribution in [0.15, 0.2) is 24.3 Å². The number of para-hydroxylation sites is 2. The quantitative estimate of drug-likeness (QED) is 0.666. The van der Waals surface area contributed by atoms with Crippen molar-refractivity contribution in [1.29, 1.82) is 5.26 Å². The lowest BCUT2D eigenvalue weighted by Gasteiger charge is -2.33. The lowest BCUT2D eigenvalue weighted by molar-refractivity contribution is 0.418. The maximum absolute atomic E-state index is 9.77. The van der Waals surface area contributed by atoms with Gasteiger partial charge >= 0.3 is 0 Å². The molecule has 0 atom stereocenters. The lowest BCUT2D eigenvalue weighted by atomic mass is 9.94. The van der Waals surface area contributed by atoms with Crippen LogP contribution in [0.5, 0.6) is 0 Å². The molecule has 0 amide bonds. The van der Waals surface area contributed by atoms with Crippen molar-refractivity contribution in [1.82, 2.24) is 9.38 Å². The Kier molecular flexibility index (Phi) is 3.24. The van der Waals surface area contributed by atoms with Gasteiger partial charge in [-0.1, -0.05) is 31.4 Å². The first-order chi connectivity index (χ1) is 12.3. The zero-order valence-electron chi connectivity index (χ0n) is 14.6. The van der Waals surface area contributed by atoms with Crippen molar-refractivity contribution >= 4 is 22.5 Å². The molecule has 3 heterocycles. The Morgan fingerprint density at radius 3 is 2.76 bits per heavy atom. The summed E-state index contributed by atoms with van der Waals surface area (Å²) >= 11 is 0. The highest BCUT2D eigenvalue weighted by Crippen LogP contribution is 2.40. The molecule has 2 aliphatic rings. The summed E-state index contributed by atoms with van der Waals surface area (Å²) in [5.74, 6) is 1.30. The number of pyridine rings is 1. The Hall–Kier alpha value is -2.54. The Morgan fingerprint density at radius 1 is 1.16 bits per heavy atom. The van der Waals surface area contributed by atoms with E-state index in [9.17, 15) is 5.26 Å². The molecule has 3 aromatic rings. The van der Waals surface area contributed by atoms with Gasteiger partial charge in [0.2, 0.25) is 0 Å². The number of imidazole rings is 1. The number of fused-ring (bicyclic) bond motifs is 5. The summed E-state index contributed by atoms with van der Waals surface area (Å²) < 4.78 is 2.26. The molecule has 2 aromatic heterocycles. The van der Waals surface area contributed by atoms with E-state index in [1.807, 2.05) is 12.1 Å². The van der Waals surface area contributed by atoms with Crippen LogP contribution in [0.2, 0.25) is 0 Å². The minimum atomic E-state index is 0.631. The molecular formula is C21H22N4. The summed E-state index contributed by atoms with van der Waals surface area (Å²) in [6.07, 6.45) is 7.64. The number of nitriles is 1. The van der Waals surface area contributed by atoms with Crippen molar-refractivity contribution in [3.8, 4) is 6.07 Å². The minimum absolute atomic E-state index is 0.631. The number of benzene rings is 1. The molecule has 0 unspecified atom stereocenters. The summed E-state index contributed by atoms with van der Waals surface area (Å²) in [4.78, 5) is 7.43. The van der Waals surface area contributed by atoms with Gasteiger partial charge in [-0.15, -0.1) is 0 Å². The Labute approximate surface area is 147 Å². The molecule has 1 fully saturated rings. The summed E-state index contributed by atoms with van der Waals surface area (Å²) in [6, 6.07) is 11.3. The molecule has 25 heavy (non-hydrogen) atoms. The predicted octanol–water partition coefficient (Wildman–Crippen LogP) is 4.36. The van der Waals surface area contributed by atoms with Crippen LogP contribution in [0.1, 0.15) is 48.8 Å². The summed E-state index contributed by atoms with van der Waals surface area (Å²) in [5, 5.41) is 9.77. The van der Waals surface area contributed by atoms with E-state index < -0.39 is 0 Å². The van der Waals surface area contributed by atoms with Crippen LogP contribution in [-0.2, 0) is 6.42 Å². The molecule has 1 saturated carbocycles. The third-order valence-corrected chi connectivity index (χ3v) is 6.10. The molecule has 0 saturated heterocycles. The molecule has 1 aliphatic carbocycles. The van der Waals surface area contributed by atoms with Crippen LogP contribution in [0.4, 0.5) is 5.82 Å². The zero-order valence-corrected chi connectivity index (χ0v) is 14.6. The van der Waals surface area contributed by atoms with Gasteiger partial charge in [0, 0.05) is 12.6 Å². The smallest absolute Gasteiger partial charge is 0.157 e. The molecule has 0 bridgehead atoms. The average molecular weight is 330 g/mol. The van der Waals surface area contributed by atoms with Gasteiger partial charge in [0.25, 0.3) is 0 Å². The average Bonchev–Trinajstić information content (AvgIpc) is 3.24. The minimum Gasteiger partial charge on any atom is -0.354 e. The second-order valence-electron chi connectivity index (χ2n) is 7.41. The van der Waals surface area contributed by atoms with Crippen molar-refractivity contribution in [2.45, 2.75) is 51.5 Å². The first-order valence-electron chi connectivity index (χ1n) is 9.39. The van der Waals surface area contributed by atoms with Gasteiger partial charge in [0.15, 0.2) is 5.65 Å². The van der Waals surface area contributed by atoms with Gasteiger partial charge in [-0.25, -0.2) is 4.98 Å². The van der Waals surface area contributed by atoms with Crippen LogP contribution in [0.25, 0.3) is 16.7 Å². The van der Waals surface area contributed by atoms with Gasteiger partial charge in [0.05, 0.1) is 16.6 Å². The largest absolute Gasteiger partial charge is 0.354 e. The van der Waals surface area contributed by atoms with Crippen molar-refractivity contribution in [3.63, 3.8) is 0 Å². The number of hydrogen-bond donors (Lipinski definition) is 0. The first kappa shape index (κ1) is 14.8. The second kappa shape index (κ2) is 5.49. The topological polar surface area (TPSA) is 44.3 Å². The summed E-state index contributed by atoms with van der Waals surface area (Å²) in [6.45, 7) is 3.17. The number of nitrogens with zero attached hydrogens (tertiary/aromatic N) is 4. The Morgan fingerprint density at radius 2 is 1.96 bits per heavy atom. The SMILES string of the molecule is Cc1c2c(n3c(nc4ccccc43)c1C#N)N(C1CCCCC1)CC2. The third-order valence-electron chi connectivity index (χ3n) is 6.10. The Balaban J connectivity index is 1.84. The molecule has 0 N–H and O–H groups in total. The van der Waals surface area contributed by atoms with Crippen molar-refractivity contribution < 1.29 is 0 Å². The van der Waals surface area contributed by atoms with E-state index in [1.165, 1.54) is 43.5 Å². The van der Waals surface area contributed by atoms with Gasteiger partial charge in [-0.2, -0.15) is 5.26 Å². The molecule has 1 aliphatic heterocycles. The van der Waals surface area contributed by atoms with Crippen LogP contribution in [-0.4, -0.2) is 22.0 Å². The van der Waals surface area contributed by atoms with E-state index in [1.54, 1.807) is 0 Å². The maximum atomic E-state index is 9.77. The standard InChI is InChI=1S/C21H22N4/c1-14-16-11-12-24(15-7-3-2-4-8-15)21(16)25-19-10-6-5-9-18(19)23-20(25)17(14)13-22/h5-6,9-10,15H,2-4,7-8,11-12H2,1H3. The number of hydrogen-bond acceptors (Lipinski definition) is 3. The molecule has 4 heteroatoms. The normalized spacial score (nSPS) is 18.0. The fourth-order valence-electron chi connectivity index (χ4n) is 4.85. The zero-order chi connectivity index (χ0) is 17.0. The molecule has 0 radical (unpaired) electrons. The highest BCUT2D eigenvalue weighted by molar-refractivity contribution is 5.87. The van der Waals surface area contributed by atoms with Crippen molar-refractivity contribution in [3.05, 3.63) is 41.0 Å². The summed E-state index contributed by atoms with van der Waals surface area (Å²) in [5.41, 5.74) is 6.12. The molecule has 0 spiro atoms. The van der Waals surface area contributed by atoms with Crippen LogP contribution >= 0.6 is 0 Å². The predicted molar refractivity (Wildman–Crippen MR) is 100 cm³/mol. The number of anilines is 1. The molecule has 5 rings (SSSR count). The highest BCUT2D eigenvalue weighted by atomic mass is 15.3. The summed E-state index contributed by atoms with van der Waals surface area (Å²) in [7, 11) is 0. The lowest BCUT2D eigenvalue weighted by Crippen LogP contribution is -2.36. The van der Waals surface area contributed by atoms with Crippen molar-refractivity contribution in [2.24, 2.45) is 0 Å². The van der Waals surface area contributed by atoms with E-state index in [0.717, 1.165) is 40.8 Å². The fraction of sp³-hybridized carbons (Fsp3) is 0.429. The maximum Gasteiger partial charge on any atom is 0.157 e. The third kappa shape index (κ3) is 2.02. The fourth-order valence-corrected chi connectivity index (χ4v) is 4.85. The Bertz CT molecular complexity index is 1020. The monoisotopic (exact) mass is 330 g/mol. The van der Waals surface area contributed by atoms with E-state index in [2.05, 4.69) is 34.4 Å². The van der Waals surface area contributed by atoms with Crippen molar-refractivity contribution in [2.75, 3.05) is 11.4 Å². The molecule has 4 nitrogen and oxygen atoms in total. The van der Waals surface area contributed by atoms with E-state index in [4.69, 9.17) is 4.98 Å². The van der Waals surface area contributed by atoms with Gasteiger partial charge in [-0.05, 0) is 49.4 Å². The number of rotatable bonds is 1. The van der Waals surface area contributed by atoms with E-state index in [-0.39, 0.29) is 0 Å². The van der Waals surface area contributed by atoms with Crippen LogP contribution in [0.3, 0.4) is 0 Å². The van der Waals surface area contributed by atoms with Gasteiger partial charge in [0.1, 0.15) is 11.9 Å². The van der Waals surface area contributed by atoms with Crippen LogP contribution < -0.4 is 4.90 Å².